The maximum atomic E-state index is 12.3. The summed E-state index contributed by atoms with van der Waals surface area (Å²) in [6.07, 6.45) is 7.30. The number of ketones is 1. The first-order valence-electron chi connectivity index (χ1n) is 10.4. The standard InChI is InChI=1S/C24H30N2O2S/c1-3-13-25(14-4-2)17-20(27)18-26-16-19(21-8-5-6-9-22(21)26)11-12-23(28)24-10-7-15-29-24/h5-12,15-16,20,27H,3-4,13-14,17-18H2,1-2H3/b12-11+/t20-/m1/s1. The highest BCUT2D eigenvalue weighted by atomic mass is 32.1. The zero-order valence-corrected chi connectivity index (χ0v) is 18.1. The Kier molecular flexibility index (Phi) is 7.81. The Morgan fingerprint density at radius 3 is 2.62 bits per heavy atom. The summed E-state index contributed by atoms with van der Waals surface area (Å²) in [7, 11) is 0. The quantitative estimate of drug-likeness (QED) is 0.354. The van der Waals surface area contributed by atoms with Crippen molar-refractivity contribution in [3.63, 3.8) is 0 Å². The summed E-state index contributed by atoms with van der Waals surface area (Å²) in [4.78, 5) is 15.4. The number of aliphatic hydroxyl groups is 1. The zero-order chi connectivity index (χ0) is 20.6. The number of carbonyl (C=O) groups is 1. The van der Waals surface area contributed by atoms with Crippen LogP contribution in [0.1, 0.15) is 41.9 Å². The molecule has 0 saturated heterocycles. The molecule has 29 heavy (non-hydrogen) atoms. The molecular weight excluding hydrogens is 380 g/mol. The van der Waals surface area contributed by atoms with E-state index in [1.807, 2.05) is 41.9 Å². The Bertz CT molecular complexity index is 937. The van der Waals surface area contributed by atoms with E-state index in [1.54, 1.807) is 6.08 Å². The van der Waals surface area contributed by atoms with Crippen LogP contribution in [0, 0.1) is 0 Å². The van der Waals surface area contributed by atoms with Crippen LogP contribution in [0.25, 0.3) is 17.0 Å². The molecule has 154 valence electrons. The van der Waals surface area contributed by atoms with E-state index in [0.717, 1.165) is 47.3 Å². The van der Waals surface area contributed by atoms with Crippen molar-refractivity contribution in [2.75, 3.05) is 19.6 Å². The Morgan fingerprint density at radius 2 is 1.93 bits per heavy atom. The van der Waals surface area contributed by atoms with Gasteiger partial charge in [-0.3, -0.25) is 4.79 Å². The van der Waals surface area contributed by atoms with E-state index < -0.39 is 6.10 Å². The first-order valence-corrected chi connectivity index (χ1v) is 11.2. The van der Waals surface area contributed by atoms with Crippen molar-refractivity contribution in [2.45, 2.75) is 39.3 Å². The molecule has 2 heterocycles. The van der Waals surface area contributed by atoms with Gasteiger partial charge in [0, 0.05) is 35.8 Å². The molecule has 1 N–H and O–H groups in total. The van der Waals surface area contributed by atoms with E-state index in [0.29, 0.717) is 13.1 Å². The van der Waals surface area contributed by atoms with E-state index in [9.17, 15) is 9.90 Å². The Morgan fingerprint density at radius 1 is 1.17 bits per heavy atom. The van der Waals surface area contributed by atoms with Crippen molar-refractivity contribution in [1.82, 2.24) is 9.47 Å². The number of nitrogens with zero attached hydrogens (tertiary/aromatic N) is 2. The van der Waals surface area contributed by atoms with Gasteiger partial charge in [0.1, 0.15) is 0 Å². The number of allylic oxidation sites excluding steroid dienone is 1. The monoisotopic (exact) mass is 410 g/mol. The molecule has 0 fully saturated rings. The van der Waals surface area contributed by atoms with E-state index >= 15 is 0 Å². The van der Waals surface area contributed by atoms with E-state index in [4.69, 9.17) is 0 Å². The van der Waals surface area contributed by atoms with Crippen molar-refractivity contribution in [2.24, 2.45) is 0 Å². The van der Waals surface area contributed by atoms with Gasteiger partial charge in [-0.15, -0.1) is 11.3 Å². The largest absolute Gasteiger partial charge is 0.390 e. The summed E-state index contributed by atoms with van der Waals surface area (Å²) < 4.78 is 2.10. The summed E-state index contributed by atoms with van der Waals surface area (Å²) in [6, 6.07) is 11.9. The van der Waals surface area contributed by atoms with Crippen molar-refractivity contribution in [3.8, 4) is 0 Å². The molecule has 3 aromatic rings. The molecule has 0 unspecified atom stereocenters. The van der Waals surface area contributed by atoms with Crippen molar-refractivity contribution >= 4 is 34.1 Å². The number of carbonyl (C=O) groups excluding carboxylic acids is 1. The first-order chi connectivity index (χ1) is 14.1. The molecule has 0 radical (unpaired) electrons. The van der Waals surface area contributed by atoms with Gasteiger partial charge < -0.3 is 14.6 Å². The third-order valence-electron chi connectivity index (χ3n) is 4.95. The number of rotatable bonds is 11. The minimum absolute atomic E-state index is 0.0200. The number of hydrogen-bond donors (Lipinski definition) is 1. The van der Waals surface area contributed by atoms with Crippen LogP contribution in [0.15, 0.2) is 54.1 Å². The summed E-state index contributed by atoms with van der Waals surface area (Å²) in [5, 5.41) is 13.7. The molecule has 1 atom stereocenters. The van der Waals surface area contributed by atoms with E-state index in [2.05, 4.69) is 35.4 Å². The first kappa shape index (κ1) is 21.5. The van der Waals surface area contributed by atoms with Gasteiger partial charge in [0.25, 0.3) is 0 Å². The van der Waals surface area contributed by atoms with Gasteiger partial charge in [-0.1, -0.05) is 38.1 Å². The Labute approximate surface area is 177 Å². The molecule has 2 aromatic heterocycles. The lowest BCUT2D eigenvalue weighted by Gasteiger charge is -2.24. The summed E-state index contributed by atoms with van der Waals surface area (Å²) in [5.41, 5.74) is 2.07. The average Bonchev–Trinajstić information content (AvgIpc) is 3.36. The second-order valence-corrected chi connectivity index (χ2v) is 8.33. The van der Waals surface area contributed by atoms with Gasteiger partial charge in [0.2, 0.25) is 0 Å². The number of hydrogen-bond acceptors (Lipinski definition) is 4. The minimum atomic E-state index is -0.437. The average molecular weight is 411 g/mol. The molecule has 3 rings (SSSR count). The molecule has 4 nitrogen and oxygen atoms in total. The predicted molar refractivity (Wildman–Crippen MR) is 123 cm³/mol. The maximum absolute atomic E-state index is 12.3. The second kappa shape index (κ2) is 10.5. The molecule has 0 spiro atoms. The topological polar surface area (TPSA) is 45.5 Å². The van der Waals surface area contributed by atoms with Crippen LogP contribution >= 0.6 is 11.3 Å². The highest BCUT2D eigenvalue weighted by Gasteiger charge is 2.14. The molecule has 5 heteroatoms. The number of benzene rings is 1. The Balaban J connectivity index is 1.77. The summed E-state index contributed by atoms with van der Waals surface area (Å²) in [6.45, 7) is 7.58. The SMILES string of the molecule is CCCN(CCC)C[C@@H](O)Cn1cc(/C=C/C(=O)c2cccs2)c2ccccc21. The number of aliphatic hydroxyl groups excluding tert-OH is 1. The highest BCUT2D eigenvalue weighted by molar-refractivity contribution is 7.12. The van der Waals surface area contributed by atoms with Crippen LogP contribution < -0.4 is 0 Å². The molecule has 0 saturated carbocycles. The molecule has 0 aliphatic heterocycles. The van der Waals surface area contributed by atoms with Crippen LogP contribution in [-0.2, 0) is 6.54 Å². The lowest BCUT2D eigenvalue weighted by molar-refractivity contribution is 0.0988. The predicted octanol–water partition coefficient (Wildman–Crippen LogP) is 5.08. The normalized spacial score (nSPS) is 13.0. The lowest BCUT2D eigenvalue weighted by atomic mass is 10.1. The van der Waals surface area contributed by atoms with Gasteiger partial charge >= 0.3 is 0 Å². The minimum Gasteiger partial charge on any atom is -0.390 e. The number of fused-ring (bicyclic) bond motifs is 1. The van der Waals surface area contributed by atoms with Crippen molar-refractivity contribution in [1.29, 1.82) is 0 Å². The third kappa shape index (κ3) is 5.66. The van der Waals surface area contributed by atoms with Gasteiger partial charge in [0.05, 0.1) is 11.0 Å². The molecule has 0 aliphatic rings. The fourth-order valence-electron chi connectivity index (χ4n) is 3.74. The number of thiophene rings is 1. The number of para-hydroxylation sites is 1. The summed E-state index contributed by atoms with van der Waals surface area (Å²) in [5.74, 6) is 0.0200. The molecule has 0 aliphatic carbocycles. The van der Waals surface area contributed by atoms with Crippen LogP contribution in [-0.4, -0.2) is 46.1 Å². The molecule has 1 aromatic carbocycles. The third-order valence-corrected chi connectivity index (χ3v) is 5.84. The van der Waals surface area contributed by atoms with E-state index in [-0.39, 0.29) is 5.78 Å². The molecular formula is C24H30N2O2S. The molecule has 0 bridgehead atoms. The van der Waals surface area contributed by atoms with Crippen molar-refractivity contribution in [3.05, 3.63) is 64.5 Å². The fraction of sp³-hybridized carbons (Fsp3) is 0.375. The van der Waals surface area contributed by atoms with Gasteiger partial charge in [0.15, 0.2) is 5.78 Å². The van der Waals surface area contributed by atoms with Crippen LogP contribution in [0.4, 0.5) is 0 Å². The lowest BCUT2D eigenvalue weighted by Crippen LogP contribution is -2.35. The Hall–Kier alpha value is -2.21. The summed E-state index contributed by atoms with van der Waals surface area (Å²) >= 11 is 1.45. The van der Waals surface area contributed by atoms with Gasteiger partial charge in [-0.2, -0.15) is 0 Å². The number of aromatic nitrogens is 1. The highest BCUT2D eigenvalue weighted by Crippen LogP contribution is 2.23. The van der Waals surface area contributed by atoms with Gasteiger partial charge in [-0.25, -0.2) is 0 Å². The fourth-order valence-corrected chi connectivity index (χ4v) is 4.38. The smallest absolute Gasteiger partial charge is 0.195 e. The van der Waals surface area contributed by atoms with E-state index in [1.165, 1.54) is 11.3 Å². The van der Waals surface area contributed by atoms with Crippen LogP contribution in [0.2, 0.25) is 0 Å². The second-order valence-electron chi connectivity index (χ2n) is 7.38. The molecule has 0 amide bonds. The van der Waals surface area contributed by atoms with Crippen LogP contribution in [0.3, 0.4) is 0 Å². The van der Waals surface area contributed by atoms with Crippen LogP contribution in [0.5, 0.6) is 0 Å². The maximum Gasteiger partial charge on any atom is 0.195 e. The zero-order valence-electron chi connectivity index (χ0n) is 17.3. The van der Waals surface area contributed by atoms with Gasteiger partial charge in [-0.05, 0) is 55.6 Å². The van der Waals surface area contributed by atoms with Crippen molar-refractivity contribution < 1.29 is 9.90 Å².